The summed E-state index contributed by atoms with van der Waals surface area (Å²) in [4.78, 5) is 15.0. The average molecular weight is 180 g/mol. The molecule has 0 fully saturated rings. The van der Waals surface area contributed by atoms with Crippen molar-refractivity contribution in [1.29, 1.82) is 0 Å². The van der Waals surface area contributed by atoms with Gasteiger partial charge in [0.1, 0.15) is 6.04 Å². The minimum Gasteiger partial charge on any atom is -0.468 e. The molecule has 0 radical (unpaired) electrons. The fourth-order valence-electron chi connectivity index (χ4n) is 0.911. The number of esters is 1. The van der Waals surface area contributed by atoms with Gasteiger partial charge >= 0.3 is 5.97 Å². The van der Waals surface area contributed by atoms with Gasteiger partial charge in [-0.15, -0.1) is 0 Å². The number of pyridine rings is 1. The molecule has 1 rings (SSSR count). The topological polar surface area (TPSA) is 65.2 Å². The molecule has 0 saturated carbocycles. The molecule has 0 aliphatic carbocycles. The number of nitrogens with two attached hydrogens (primary N) is 1. The molecule has 4 heteroatoms. The molecule has 0 saturated heterocycles. The SMILES string of the molecule is COC(=O)C(N)c1ccc(C)cn1. The third kappa shape index (κ3) is 2.26. The lowest BCUT2D eigenvalue weighted by atomic mass is 10.2. The molecule has 4 nitrogen and oxygen atoms in total. The van der Waals surface area contributed by atoms with Crippen molar-refractivity contribution < 1.29 is 9.53 Å². The van der Waals surface area contributed by atoms with E-state index in [-0.39, 0.29) is 0 Å². The fraction of sp³-hybridized carbons (Fsp3) is 0.333. The summed E-state index contributed by atoms with van der Waals surface area (Å²) in [6.45, 7) is 1.92. The Morgan fingerprint density at radius 3 is 2.77 bits per heavy atom. The monoisotopic (exact) mass is 180 g/mol. The van der Waals surface area contributed by atoms with Crippen LogP contribution >= 0.6 is 0 Å². The molecular weight excluding hydrogens is 168 g/mol. The minimum atomic E-state index is -0.786. The van der Waals surface area contributed by atoms with Crippen molar-refractivity contribution in [2.45, 2.75) is 13.0 Å². The van der Waals surface area contributed by atoms with Gasteiger partial charge in [0.25, 0.3) is 0 Å². The van der Waals surface area contributed by atoms with E-state index in [1.807, 2.05) is 13.0 Å². The van der Waals surface area contributed by atoms with Crippen LogP contribution in [0.4, 0.5) is 0 Å². The van der Waals surface area contributed by atoms with E-state index in [0.717, 1.165) is 5.56 Å². The molecule has 70 valence electrons. The Bertz CT molecular complexity index is 295. The summed E-state index contributed by atoms with van der Waals surface area (Å²) in [7, 11) is 1.30. The number of carbonyl (C=O) groups excluding carboxylic acids is 1. The van der Waals surface area contributed by atoms with Crippen molar-refractivity contribution in [2.75, 3.05) is 7.11 Å². The maximum atomic E-state index is 11.0. The van der Waals surface area contributed by atoms with E-state index in [4.69, 9.17) is 5.73 Å². The molecule has 0 aromatic carbocycles. The van der Waals surface area contributed by atoms with Crippen LogP contribution in [0.5, 0.6) is 0 Å². The van der Waals surface area contributed by atoms with Crippen LogP contribution in [0.25, 0.3) is 0 Å². The quantitative estimate of drug-likeness (QED) is 0.675. The van der Waals surface area contributed by atoms with Crippen molar-refractivity contribution in [2.24, 2.45) is 5.73 Å². The average Bonchev–Trinajstić information content (AvgIpc) is 2.17. The third-order valence-corrected chi connectivity index (χ3v) is 1.71. The largest absolute Gasteiger partial charge is 0.468 e. The molecule has 1 unspecified atom stereocenters. The lowest BCUT2D eigenvalue weighted by Gasteiger charge is -2.07. The molecule has 0 amide bonds. The van der Waals surface area contributed by atoms with Crippen molar-refractivity contribution in [3.63, 3.8) is 0 Å². The summed E-state index contributed by atoms with van der Waals surface area (Å²) >= 11 is 0. The molecule has 13 heavy (non-hydrogen) atoms. The molecule has 1 aromatic rings. The van der Waals surface area contributed by atoms with E-state index in [2.05, 4.69) is 9.72 Å². The number of carbonyl (C=O) groups is 1. The zero-order valence-electron chi connectivity index (χ0n) is 7.65. The Morgan fingerprint density at radius 2 is 2.31 bits per heavy atom. The summed E-state index contributed by atoms with van der Waals surface area (Å²) < 4.78 is 4.49. The van der Waals surface area contributed by atoms with E-state index in [9.17, 15) is 4.79 Å². The van der Waals surface area contributed by atoms with Crippen LogP contribution in [0.1, 0.15) is 17.3 Å². The van der Waals surface area contributed by atoms with Gasteiger partial charge in [-0.3, -0.25) is 4.98 Å². The number of hydrogen-bond donors (Lipinski definition) is 1. The highest BCUT2D eigenvalue weighted by Gasteiger charge is 2.16. The summed E-state index contributed by atoms with van der Waals surface area (Å²) in [5.74, 6) is -0.476. The van der Waals surface area contributed by atoms with E-state index in [1.165, 1.54) is 7.11 Å². The minimum absolute atomic E-state index is 0.476. The van der Waals surface area contributed by atoms with Gasteiger partial charge in [-0.25, -0.2) is 4.79 Å². The second kappa shape index (κ2) is 4.00. The summed E-state index contributed by atoms with van der Waals surface area (Å²) in [6, 6.07) is 2.78. The molecule has 2 N–H and O–H groups in total. The Hall–Kier alpha value is -1.42. The van der Waals surface area contributed by atoms with Gasteiger partial charge < -0.3 is 10.5 Å². The van der Waals surface area contributed by atoms with Gasteiger partial charge in [-0.05, 0) is 18.6 Å². The summed E-state index contributed by atoms with van der Waals surface area (Å²) in [5.41, 5.74) is 7.12. The lowest BCUT2D eigenvalue weighted by molar-refractivity contribution is -0.142. The number of aryl methyl sites for hydroxylation is 1. The Kier molecular flexibility index (Phi) is 2.97. The highest BCUT2D eigenvalue weighted by Crippen LogP contribution is 2.08. The number of nitrogens with zero attached hydrogens (tertiary/aromatic N) is 1. The fourth-order valence-corrected chi connectivity index (χ4v) is 0.911. The molecule has 0 spiro atoms. The number of hydrogen-bond acceptors (Lipinski definition) is 4. The first-order chi connectivity index (χ1) is 6.15. The number of ether oxygens (including phenoxy) is 1. The van der Waals surface area contributed by atoms with Crippen molar-refractivity contribution in [3.05, 3.63) is 29.6 Å². The molecule has 1 aromatic heterocycles. The Balaban J connectivity index is 2.83. The normalized spacial score (nSPS) is 12.2. The van der Waals surface area contributed by atoms with Gasteiger partial charge in [0.15, 0.2) is 0 Å². The molecular formula is C9H12N2O2. The maximum absolute atomic E-state index is 11.0. The Morgan fingerprint density at radius 1 is 1.62 bits per heavy atom. The van der Waals surface area contributed by atoms with E-state index >= 15 is 0 Å². The highest BCUT2D eigenvalue weighted by molar-refractivity contribution is 5.76. The van der Waals surface area contributed by atoms with Crippen molar-refractivity contribution in [1.82, 2.24) is 4.98 Å². The van der Waals surface area contributed by atoms with Gasteiger partial charge in [0.05, 0.1) is 12.8 Å². The first kappa shape index (κ1) is 9.67. The van der Waals surface area contributed by atoms with E-state index in [1.54, 1.807) is 12.3 Å². The zero-order valence-corrected chi connectivity index (χ0v) is 7.65. The van der Waals surface area contributed by atoms with Crippen LogP contribution in [0.15, 0.2) is 18.3 Å². The summed E-state index contributed by atoms with van der Waals surface area (Å²) in [5, 5.41) is 0. The first-order valence-electron chi connectivity index (χ1n) is 3.91. The predicted octanol–water partition coefficient (Wildman–Crippen LogP) is 0.563. The van der Waals surface area contributed by atoms with Gasteiger partial charge in [-0.2, -0.15) is 0 Å². The van der Waals surface area contributed by atoms with Gasteiger partial charge in [0, 0.05) is 6.20 Å². The van der Waals surface area contributed by atoms with E-state index < -0.39 is 12.0 Å². The van der Waals surface area contributed by atoms with Crippen LogP contribution in [0.2, 0.25) is 0 Å². The standard InChI is InChI=1S/C9H12N2O2/c1-6-3-4-7(11-5-6)8(10)9(12)13-2/h3-5,8H,10H2,1-2H3. The number of aromatic nitrogens is 1. The Labute approximate surface area is 76.7 Å². The van der Waals surface area contributed by atoms with Crippen molar-refractivity contribution >= 4 is 5.97 Å². The highest BCUT2D eigenvalue weighted by atomic mass is 16.5. The molecule has 0 aliphatic heterocycles. The van der Waals surface area contributed by atoms with E-state index in [0.29, 0.717) is 5.69 Å². The smallest absolute Gasteiger partial charge is 0.328 e. The van der Waals surface area contributed by atoms with Gasteiger partial charge in [-0.1, -0.05) is 6.07 Å². The molecule has 1 heterocycles. The van der Waals surface area contributed by atoms with Crippen LogP contribution in [-0.4, -0.2) is 18.1 Å². The maximum Gasteiger partial charge on any atom is 0.328 e. The van der Waals surface area contributed by atoms with Crippen LogP contribution in [-0.2, 0) is 9.53 Å². The second-order valence-electron chi connectivity index (χ2n) is 2.76. The molecule has 0 bridgehead atoms. The van der Waals surface area contributed by atoms with Crippen LogP contribution in [0, 0.1) is 6.92 Å². The second-order valence-corrected chi connectivity index (χ2v) is 2.76. The zero-order chi connectivity index (χ0) is 9.84. The predicted molar refractivity (Wildman–Crippen MR) is 47.9 cm³/mol. The molecule has 1 atom stereocenters. The summed E-state index contributed by atoms with van der Waals surface area (Å²) in [6.07, 6.45) is 1.66. The number of methoxy groups -OCH3 is 1. The number of rotatable bonds is 2. The van der Waals surface area contributed by atoms with Crippen molar-refractivity contribution in [3.8, 4) is 0 Å². The van der Waals surface area contributed by atoms with Crippen LogP contribution in [0.3, 0.4) is 0 Å². The van der Waals surface area contributed by atoms with Gasteiger partial charge in [0.2, 0.25) is 0 Å². The third-order valence-electron chi connectivity index (χ3n) is 1.71. The molecule has 0 aliphatic rings. The van der Waals surface area contributed by atoms with Crippen LogP contribution < -0.4 is 5.73 Å². The lowest BCUT2D eigenvalue weighted by Crippen LogP contribution is -2.23. The first-order valence-corrected chi connectivity index (χ1v) is 3.91.